The van der Waals surface area contributed by atoms with Gasteiger partial charge in [0.2, 0.25) is 0 Å². The van der Waals surface area contributed by atoms with Crippen molar-refractivity contribution in [3.63, 3.8) is 0 Å². The van der Waals surface area contributed by atoms with Crippen molar-refractivity contribution >= 4 is 17.5 Å². The van der Waals surface area contributed by atoms with Crippen LogP contribution in [0.15, 0.2) is 18.2 Å². The lowest BCUT2D eigenvalue weighted by Crippen LogP contribution is -2.34. The highest BCUT2D eigenvalue weighted by Gasteiger charge is 2.15. The van der Waals surface area contributed by atoms with Crippen LogP contribution in [0.2, 0.25) is 0 Å². The maximum atomic E-state index is 12.1. The van der Waals surface area contributed by atoms with Gasteiger partial charge in [0, 0.05) is 17.0 Å². The van der Waals surface area contributed by atoms with Gasteiger partial charge in [-0.1, -0.05) is 18.2 Å². The molecule has 3 heteroatoms. The Morgan fingerprint density at radius 3 is 2.29 bits per heavy atom. The molecular weight excluding hydrogens is 234 g/mol. The van der Waals surface area contributed by atoms with E-state index in [2.05, 4.69) is 5.32 Å². The van der Waals surface area contributed by atoms with Crippen molar-refractivity contribution in [3.05, 3.63) is 34.9 Å². The van der Waals surface area contributed by atoms with Crippen LogP contribution < -0.4 is 5.32 Å². The molecule has 0 saturated heterocycles. The molecule has 1 aromatic carbocycles. The van der Waals surface area contributed by atoms with Crippen LogP contribution >= 0.6 is 11.6 Å². The summed E-state index contributed by atoms with van der Waals surface area (Å²) in [5.74, 6) is -0.00887. The van der Waals surface area contributed by atoms with E-state index in [0.29, 0.717) is 0 Å². The number of amides is 1. The van der Waals surface area contributed by atoms with Gasteiger partial charge in [-0.2, -0.15) is 0 Å². The minimum absolute atomic E-state index is 0.00887. The van der Waals surface area contributed by atoms with Gasteiger partial charge in [0.25, 0.3) is 5.91 Å². The third-order valence-corrected chi connectivity index (χ3v) is 2.94. The number of hydrogen-bond acceptors (Lipinski definition) is 1. The van der Waals surface area contributed by atoms with Gasteiger partial charge in [-0.15, -0.1) is 11.6 Å². The van der Waals surface area contributed by atoms with E-state index in [9.17, 15) is 4.79 Å². The SMILES string of the molecule is Cc1cccc(C)c1C(=O)NC(C)CC(C)Cl. The average molecular weight is 254 g/mol. The number of benzene rings is 1. The molecule has 1 N–H and O–H groups in total. The summed E-state index contributed by atoms with van der Waals surface area (Å²) < 4.78 is 0. The Balaban J connectivity index is 2.77. The third-order valence-electron chi connectivity index (χ3n) is 2.76. The number of aryl methyl sites for hydroxylation is 2. The quantitative estimate of drug-likeness (QED) is 0.819. The van der Waals surface area contributed by atoms with Crippen LogP contribution in [0.1, 0.15) is 41.8 Å². The molecule has 0 aliphatic heterocycles. The molecule has 0 aromatic heterocycles. The largest absolute Gasteiger partial charge is 0.350 e. The molecule has 17 heavy (non-hydrogen) atoms. The Hall–Kier alpha value is -1.02. The van der Waals surface area contributed by atoms with Gasteiger partial charge in [0.05, 0.1) is 0 Å². The number of carbonyl (C=O) groups excluding carboxylic acids is 1. The first kappa shape index (κ1) is 14.0. The Morgan fingerprint density at radius 1 is 1.29 bits per heavy atom. The second-order valence-corrected chi connectivity index (χ2v) is 5.40. The molecule has 0 radical (unpaired) electrons. The molecule has 0 aliphatic carbocycles. The van der Waals surface area contributed by atoms with Gasteiger partial charge in [0.15, 0.2) is 0 Å². The van der Waals surface area contributed by atoms with Gasteiger partial charge < -0.3 is 5.32 Å². The Morgan fingerprint density at radius 2 is 1.82 bits per heavy atom. The van der Waals surface area contributed by atoms with Gasteiger partial charge >= 0.3 is 0 Å². The van der Waals surface area contributed by atoms with E-state index < -0.39 is 0 Å². The molecule has 94 valence electrons. The van der Waals surface area contributed by atoms with Crippen LogP contribution in [0.25, 0.3) is 0 Å². The van der Waals surface area contributed by atoms with Gasteiger partial charge in [-0.05, 0) is 45.2 Å². The minimum Gasteiger partial charge on any atom is -0.350 e. The molecule has 1 amide bonds. The molecule has 0 heterocycles. The third kappa shape index (κ3) is 4.04. The number of hydrogen-bond donors (Lipinski definition) is 1. The van der Waals surface area contributed by atoms with Gasteiger partial charge in [-0.25, -0.2) is 0 Å². The zero-order valence-corrected chi connectivity index (χ0v) is 11.6. The maximum absolute atomic E-state index is 12.1. The summed E-state index contributed by atoms with van der Waals surface area (Å²) in [6.07, 6.45) is 0.776. The molecule has 0 bridgehead atoms. The minimum atomic E-state index is -0.00887. The molecule has 1 aromatic rings. The second kappa shape index (κ2) is 6.06. The van der Waals surface area contributed by atoms with Crippen LogP contribution in [-0.4, -0.2) is 17.3 Å². The summed E-state index contributed by atoms with van der Waals surface area (Å²) in [6, 6.07) is 5.97. The standard InChI is InChI=1S/C14H20ClNO/c1-9-6-5-7-10(2)13(9)14(17)16-12(4)8-11(3)15/h5-7,11-12H,8H2,1-4H3,(H,16,17). The summed E-state index contributed by atoms with van der Waals surface area (Å²) in [5, 5.41) is 3.06. The van der Waals surface area contributed by atoms with Crippen LogP contribution in [0.5, 0.6) is 0 Å². The summed E-state index contributed by atoms with van der Waals surface area (Å²) >= 11 is 5.91. The number of nitrogens with one attached hydrogen (secondary N) is 1. The highest BCUT2D eigenvalue weighted by atomic mass is 35.5. The second-order valence-electron chi connectivity index (χ2n) is 4.66. The van der Waals surface area contributed by atoms with E-state index >= 15 is 0 Å². The highest BCUT2D eigenvalue weighted by molar-refractivity contribution is 6.20. The van der Waals surface area contributed by atoms with Crippen molar-refractivity contribution < 1.29 is 4.79 Å². The van der Waals surface area contributed by atoms with Crippen LogP contribution in [0, 0.1) is 13.8 Å². The van der Waals surface area contributed by atoms with Crippen LogP contribution in [-0.2, 0) is 0 Å². The van der Waals surface area contributed by atoms with E-state index in [1.54, 1.807) is 0 Å². The van der Waals surface area contributed by atoms with Gasteiger partial charge in [0.1, 0.15) is 0 Å². The predicted molar refractivity (Wildman–Crippen MR) is 72.8 cm³/mol. The van der Waals surface area contributed by atoms with Crippen molar-refractivity contribution in [2.45, 2.75) is 45.5 Å². The zero-order valence-electron chi connectivity index (χ0n) is 10.9. The molecule has 1 rings (SSSR count). The van der Waals surface area contributed by atoms with Gasteiger partial charge in [-0.3, -0.25) is 4.79 Å². The van der Waals surface area contributed by atoms with Crippen LogP contribution in [0.4, 0.5) is 0 Å². The van der Waals surface area contributed by atoms with Crippen molar-refractivity contribution in [2.24, 2.45) is 0 Å². The fraction of sp³-hybridized carbons (Fsp3) is 0.500. The highest BCUT2D eigenvalue weighted by Crippen LogP contribution is 2.14. The molecule has 0 saturated carbocycles. The van der Waals surface area contributed by atoms with Crippen molar-refractivity contribution in [1.82, 2.24) is 5.32 Å². The first-order valence-corrected chi connectivity index (χ1v) is 6.36. The lowest BCUT2D eigenvalue weighted by molar-refractivity contribution is 0.0937. The lowest BCUT2D eigenvalue weighted by Gasteiger charge is -2.17. The van der Waals surface area contributed by atoms with Crippen LogP contribution in [0.3, 0.4) is 0 Å². The molecule has 0 spiro atoms. The number of alkyl halides is 1. The smallest absolute Gasteiger partial charge is 0.252 e. The van der Waals surface area contributed by atoms with E-state index in [-0.39, 0.29) is 17.3 Å². The van der Waals surface area contributed by atoms with Crippen molar-refractivity contribution in [3.8, 4) is 0 Å². The van der Waals surface area contributed by atoms with E-state index in [1.807, 2.05) is 45.9 Å². The predicted octanol–water partition coefficient (Wildman–Crippen LogP) is 3.44. The number of rotatable bonds is 4. The number of halogens is 1. The maximum Gasteiger partial charge on any atom is 0.252 e. The Bertz CT molecular complexity index is 381. The zero-order chi connectivity index (χ0) is 13.0. The summed E-state index contributed by atoms with van der Waals surface area (Å²) in [7, 11) is 0. The molecule has 2 nitrogen and oxygen atoms in total. The first-order valence-electron chi connectivity index (χ1n) is 5.93. The average Bonchev–Trinajstić information content (AvgIpc) is 2.15. The van der Waals surface area contributed by atoms with E-state index in [0.717, 1.165) is 23.1 Å². The molecule has 0 aliphatic rings. The molecule has 2 atom stereocenters. The topological polar surface area (TPSA) is 29.1 Å². The van der Waals surface area contributed by atoms with E-state index in [1.165, 1.54) is 0 Å². The van der Waals surface area contributed by atoms with Crippen molar-refractivity contribution in [1.29, 1.82) is 0 Å². The molecular formula is C14H20ClNO. The summed E-state index contributed by atoms with van der Waals surface area (Å²) in [6.45, 7) is 7.82. The first-order chi connectivity index (χ1) is 7.91. The molecule has 0 fully saturated rings. The monoisotopic (exact) mass is 253 g/mol. The lowest BCUT2D eigenvalue weighted by atomic mass is 10.0. The normalized spacial score (nSPS) is 14.2. The Kier molecular flexibility index (Phi) is 5.01. The molecule has 2 unspecified atom stereocenters. The fourth-order valence-corrected chi connectivity index (χ4v) is 2.28. The summed E-state index contributed by atoms with van der Waals surface area (Å²) in [4.78, 5) is 12.1. The van der Waals surface area contributed by atoms with Crippen molar-refractivity contribution in [2.75, 3.05) is 0 Å². The fourth-order valence-electron chi connectivity index (χ4n) is 2.01. The summed E-state index contributed by atoms with van der Waals surface area (Å²) in [5.41, 5.74) is 2.80. The van der Waals surface area contributed by atoms with E-state index in [4.69, 9.17) is 11.6 Å². The Labute approximate surface area is 108 Å². The number of carbonyl (C=O) groups is 1.